The molecule has 1 aliphatic heterocycles. The van der Waals surface area contributed by atoms with Gasteiger partial charge in [-0.1, -0.05) is 25.5 Å². The van der Waals surface area contributed by atoms with E-state index in [1.807, 2.05) is 19.1 Å². The number of nitrogens with zero attached hydrogens (tertiary/aromatic N) is 1. The van der Waals surface area contributed by atoms with Crippen molar-refractivity contribution in [3.63, 3.8) is 0 Å². The molecule has 32 heavy (non-hydrogen) atoms. The van der Waals surface area contributed by atoms with E-state index in [-0.39, 0.29) is 30.2 Å². The zero-order chi connectivity index (χ0) is 23.4. The quantitative estimate of drug-likeness (QED) is 0.531. The van der Waals surface area contributed by atoms with Crippen molar-refractivity contribution >= 4 is 23.4 Å². The Hall–Kier alpha value is -2.87. The van der Waals surface area contributed by atoms with E-state index in [9.17, 15) is 19.5 Å². The van der Waals surface area contributed by atoms with Crippen LogP contribution in [0, 0.1) is 23.7 Å². The maximum Gasteiger partial charge on any atom is 0.247 e. The molecule has 1 aromatic rings. The lowest BCUT2D eigenvalue weighted by molar-refractivity contribution is -0.142. The molecule has 0 saturated carbocycles. The van der Waals surface area contributed by atoms with Crippen LogP contribution in [0.1, 0.15) is 26.7 Å². The van der Waals surface area contributed by atoms with Crippen LogP contribution in [-0.4, -0.2) is 60.6 Å². The summed E-state index contributed by atoms with van der Waals surface area (Å²) in [7, 11) is 3.14. The fraction of sp³-hybridized carbons (Fsp3) is 0.542. The molecule has 8 nitrogen and oxygen atoms in total. The number of carbonyl (C=O) groups excluding carboxylic acids is 3. The van der Waals surface area contributed by atoms with Gasteiger partial charge in [-0.25, -0.2) is 0 Å². The number of benzene rings is 1. The highest BCUT2D eigenvalue weighted by molar-refractivity contribution is 6.02. The molecule has 0 radical (unpaired) electrons. The van der Waals surface area contributed by atoms with Gasteiger partial charge in [0.2, 0.25) is 17.7 Å². The van der Waals surface area contributed by atoms with Crippen LogP contribution in [0.25, 0.3) is 0 Å². The van der Waals surface area contributed by atoms with Crippen LogP contribution in [0.15, 0.2) is 36.4 Å². The Morgan fingerprint density at radius 3 is 2.44 bits per heavy atom. The number of ether oxygens (including phenoxy) is 1. The second-order valence-electron chi connectivity index (χ2n) is 8.52. The van der Waals surface area contributed by atoms with Crippen LogP contribution in [0.3, 0.4) is 0 Å². The largest absolute Gasteiger partial charge is 0.497 e. The van der Waals surface area contributed by atoms with Gasteiger partial charge in [-0.15, -0.1) is 0 Å². The highest BCUT2D eigenvalue weighted by Crippen LogP contribution is 2.46. The van der Waals surface area contributed by atoms with E-state index < -0.39 is 29.8 Å². The van der Waals surface area contributed by atoms with Gasteiger partial charge in [0.05, 0.1) is 31.6 Å². The third kappa shape index (κ3) is 4.37. The first-order valence-electron chi connectivity index (χ1n) is 11.2. The molecule has 3 rings (SSSR count). The van der Waals surface area contributed by atoms with Gasteiger partial charge in [0, 0.05) is 18.7 Å². The normalized spacial score (nSPS) is 27.6. The minimum atomic E-state index is -0.817. The summed E-state index contributed by atoms with van der Waals surface area (Å²) in [5.74, 6) is -1.84. The molecule has 174 valence electrons. The minimum absolute atomic E-state index is 0.0696. The maximum atomic E-state index is 13.6. The van der Waals surface area contributed by atoms with Crippen LogP contribution >= 0.6 is 0 Å². The zero-order valence-corrected chi connectivity index (χ0v) is 19.1. The number of carbonyl (C=O) groups is 3. The Labute approximate surface area is 189 Å². The molecular weight excluding hydrogens is 410 g/mol. The van der Waals surface area contributed by atoms with Crippen molar-refractivity contribution in [2.45, 2.75) is 38.8 Å². The van der Waals surface area contributed by atoms with E-state index in [0.29, 0.717) is 11.4 Å². The average molecular weight is 444 g/mol. The van der Waals surface area contributed by atoms with Crippen molar-refractivity contribution in [1.82, 2.24) is 10.2 Å². The Balaban J connectivity index is 1.97. The number of allylic oxidation sites excluding steroid dienone is 1. The molecule has 1 fully saturated rings. The van der Waals surface area contributed by atoms with Gasteiger partial charge >= 0.3 is 0 Å². The smallest absolute Gasteiger partial charge is 0.247 e. The van der Waals surface area contributed by atoms with Gasteiger partial charge in [-0.05, 0) is 43.5 Å². The summed E-state index contributed by atoms with van der Waals surface area (Å²) in [6.07, 6.45) is 5.57. The van der Waals surface area contributed by atoms with Gasteiger partial charge in [-0.2, -0.15) is 0 Å². The molecule has 0 unspecified atom stereocenters. The van der Waals surface area contributed by atoms with Crippen molar-refractivity contribution in [1.29, 1.82) is 0 Å². The number of nitrogens with one attached hydrogen (secondary N) is 2. The first-order valence-corrected chi connectivity index (χ1v) is 11.2. The average Bonchev–Trinajstić information content (AvgIpc) is 3.11. The zero-order valence-electron chi connectivity index (χ0n) is 19.1. The lowest BCUT2D eigenvalue weighted by atomic mass is 9.68. The number of likely N-dealkylation sites (tertiary alicyclic amines) is 1. The standard InChI is InChI=1S/C24H33N3O5/c1-5-6-15-7-12-18-20(19(15)22(29)25-3)24(31)27(14(2)13-28)21(18)23(30)26-16-8-10-17(32-4)11-9-16/h7-12,14-15,18-21,28H,5-6,13H2,1-4H3,(H,25,29)(H,26,30)/t14-,15-,18+,19-,20+,21+/m1/s1. The number of anilines is 1. The van der Waals surface area contributed by atoms with E-state index in [4.69, 9.17) is 4.74 Å². The number of aliphatic hydroxyl groups is 1. The van der Waals surface area contributed by atoms with Gasteiger partial charge in [0.25, 0.3) is 0 Å². The second kappa shape index (κ2) is 10.2. The fourth-order valence-corrected chi connectivity index (χ4v) is 5.04. The summed E-state index contributed by atoms with van der Waals surface area (Å²) in [6.45, 7) is 3.48. The third-order valence-electron chi connectivity index (χ3n) is 6.58. The predicted molar refractivity (Wildman–Crippen MR) is 121 cm³/mol. The van der Waals surface area contributed by atoms with Crippen molar-refractivity contribution < 1.29 is 24.2 Å². The van der Waals surface area contributed by atoms with E-state index in [0.717, 1.165) is 12.8 Å². The first kappa shape index (κ1) is 23.8. The van der Waals surface area contributed by atoms with Crippen LogP contribution in [0.2, 0.25) is 0 Å². The third-order valence-corrected chi connectivity index (χ3v) is 6.58. The van der Waals surface area contributed by atoms with Crippen LogP contribution < -0.4 is 15.4 Å². The Morgan fingerprint density at radius 2 is 1.88 bits per heavy atom. The summed E-state index contributed by atoms with van der Waals surface area (Å²) in [5, 5.41) is 15.4. The number of aliphatic hydroxyl groups excluding tert-OH is 1. The van der Waals surface area contributed by atoms with Crippen molar-refractivity contribution in [3.05, 3.63) is 36.4 Å². The summed E-state index contributed by atoms with van der Waals surface area (Å²) in [4.78, 5) is 41.3. The van der Waals surface area contributed by atoms with Crippen molar-refractivity contribution in [3.8, 4) is 5.75 Å². The van der Waals surface area contributed by atoms with E-state index in [1.54, 1.807) is 45.3 Å². The van der Waals surface area contributed by atoms with Crippen LogP contribution in [0.4, 0.5) is 5.69 Å². The maximum absolute atomic E-state index is 13.6. The van der Waals surface area contributed by atoms with Gasteiger partial charge in [0.1, 0.15) is 11.8 Å². The number of rotatable bonds is 8. The molecule has 1 saturated heterocycles. The Bertz CT molecular complexity index is 869. The molecule has 2 aliphatic rings. The van der Waals surface area contributed by atoms with Gasteiger partial charge in [0.15, 0.2) is 0 Å². The summed E-state index contributed by atoms with van der Waals surface area (Å²) in [6, 6.07) is 5.57. The minimum Gasteiger partial charge on any atom is -0.497 e. The molecule has 6 atom stereocenters. The SMILES string of the molecule is CCC[C@@H]1C=C[C@H]2[C@H](C(=O)N([C@H](C)CO)[C@@H]2C(=O)Nc2ccc(OC)cc2)[C@@H]1C(=O)NC. The van der Waals surface area contributed by atoms with E-state index in [1.165, 1.54) is 4.90 Å². The molecule has 0 bridgehead atoms. The molecule has 1 aliphatic carbocycles. The summed E-state index contributed by atoms with van der Waals surface area (Å²) < 4.78 is 5.16. The predicted octanol–water partition coefficient (Wildman–Crippen LogP) is 1.81. The van der Waals surface area contributed by atoms with Gasteiger partial charge < -0.3 is 25.4 Å². The van der Waals surface area contributed by atoms with Gasteiger partial charge in [-0.3, -0.25) is 14.4 Å². The topological polar surface area (TPSA) is 108 Å². The highest BCUT2D eigenvalue weighted by Gasteiger charge is 2.57. The monoisotopic (exact) mass is 443 g/mol. The van der Waals surface area contributed by atoms with E-state index >= 15 is 0 Å². The molecule has 1 heterocycles. The number of hydrogen-bond acceptors (Lipinski definition) is 5. The molecule has 0 aromatic heterocycles. The second-order valence-corrected chi connectivity index (χ2v) is 8.52. The van der Waals surface area contributed by atoms with E-state index in [2.05, 4.69) is 10.6 Å². The number of amides is 3. The molecule has 3 amide bonds. The summed E-state index contributed by atoms with van der Waals surface area (Å²) >= 11 is 0. The number of methoxy groups -OCH3 is 1. The number of fused-ring (bicyclic) bond motifs is 1. The molecule has 3 N–H and O–H groups in total. The fourth-order valence-electron chi connectivity index (χ4n) is 5.04. The summed E-state index contributed by atoms with van der Waals surface area (Å²) in [5.41, 5.74) is 0.579. The lowest BCUT2D eigenvalue weighted by Crippen LogP contribution is -2.49. The van der Waals surface area contributed by atoms with Crippen molar-refractivity contribution in [2.24, 2.45) is 23.7 Å². The molecule has 1 aromatic carbocycles. The molecular formula is C24H33N3O5. The highest BCUT2D eigenvalue weighted by atomic mass is 16.5. The lowest BCUT2D eigenvalue weighted by Gasteiger charge is -2.34. The Kier molecular flexibility index (Phi) is 7.56. The number of hydrogen-bond donors (Lipinski definition) is 3. The van der Waals surface area contributed by atoms with Crippen LogP contribution in [-0.2, 0) is 14.4 Å². The Morgan fingerprint density at radius 1 is 1.19 bits per heavy atom. The molecule has 8 heteroatoms. The van der Waals surface area contributed by atoms with Crippen LogP contribution in [0.5, 0.6) is 5.75 Å². The van der Waals surface area contributed by atoms with Crippen molar-refractivity contribution in [2.75, 3.05) is 26.1 Å². The molecule has 0 spiro atoms. The first-order chi connectivity index (χ1) is 15.4.